The predicted molar refractivity (Wildman–Crippen MR) is 63.9 cm³/mol. The monoisotopic (exact) mass is 239 g/mol. The number of sulfonamides is 1. The second-order valence-electron chi connectivity index (χ2n) is 5.18. The SMILES string of the molecule is CC(C)(C)c1cccc(S(=O)(=O)N2CC2)c1. The summed E-state index contributed by atoms with van der Waals surface area (Å²) >= 11 is 0. The normalized spacial score (nSPS) is 17.4. The molecule has 3 nitrogen and oxygen atoms in total. The van der Waals surface area contributed by atoms with Crippen molar-refractivity contribution in [3.8, 4) is 0 Å². The first kappa shape index (κ1) is 11.6. The maximum absolute atomic E-state index is 12.0. The maximum atomic E-state index is 12.0. The van der Waals surface area contributed by atoms with E-state index in [0.717, 1.165) is 5.56 Å². The summed E-state index contributed by atoms with van der Waals surface area (Å²) in [6.45, 7) is 7.55. The van der Waals surface area contributed by atoms with Gasteiger partial charge in [0.15, 0.2) is 0 Å². The zero-order valence-electron chi connectivity index (χ0n) is 9.90. The van der Waals surface area contributed by atoms with Gasteiger partial charge in [0.25, 0.3) is 0 Å². The second-order valence-corrected chi connectivity index (χ2v) is 7.12. The van der Waals surface area contributed by atoms with Gasteiger partial charge < -0.3 is 0 Å². The first-order valence-corrected chi connectivity index (χ1v) is 6.86. The quantitative estimate of drug-likeness (QED) is 0.740. The zero-order chi connectivity index (χ0) is 12.0. The smallest absolute Gasteiger partial charge is 0.207 e. The highest BCUT2D eigenvalue weighted by Gasteiger charge is 2.33. The molecule has 1 heterocycles. The molecule has 0 saturated carbocycles. The zero-order valence-corrected chi connectivity index (χ0v) is 10.7. The van der Waals surface area contributed by atoms with Crippen LogP contribution in [0.15, 0.2) is 29.2 Å². The summed E-state index contributed by atoms with van der Waals surface area (Å²) in [4.78, 5) is 0.414. The first-order chi connectivity index (χ1) is 7.32. The molecule has 0 N–H and O–H groups in total. The fourth-order valence-corrected chi connectivity index (χ4v) is 2.94. The highest BCUT2D eigenvalue weighted by Crippen LogP contribution is 2.27. The van der Waals surface area contributed by atoms with Crippen molar-refractivity contribution in [3.63, 3.8) is 0 Å². The molecule has 0 amide bonds. The van der Waals surface area contributed by atoms with Gasteiger partial charge in [-0.25, -0.2) is 8.42 Å². The molecule has 0 radical (unpaired) electrons. The van der Waals surface area contributed by atoms with Crippen LogP contribution in [-0.2, 0) is 15.4 Å². The maximum Gasteiger partial charge on any atom is 0.243 e. The van der Waals surface area contributed by atoms with Gasteiger partial charge in [0.1, 0.15) is 0 Å². The van der Waals surface area contributed by atoms with Crippen molar-refractivity contribution in [2.45, 2.75) is 31.1 Å². The summed E-state index contributed by atoms with van der Waals surface area (Å²) in [6, 6.07) is 7.24. The second kappa shape index (κ2) is 3.57. The van der Waals surface area contributed by atoms with E-state index in [-0.39, 0.29) is 5.41 Å². The first-order valence-electron chi connectivity index (χ1n) is 5.42. The van der Waals surface area contributed by atoms with Crippen molar-refractivity contribution in [1.82, 2.24) is 4.31 Å². The molecule has 1 saturated heterocycles. The van der Waals surface area contributed by atoms with Crippen molar-refractivity contribution in [1.29, 1.82) is 0 Å². The Morgan fingerprint density at radius 2 is 1.81 bits per heavy atom. The summed E-state index contributed by atoms with van der Waals surface area (Å²) in [5.74, 6) is 0. The van der Waals surface area contributed by atoms with Crippen LogP contribution in [0.4, 0.5) is 0 Å². The minimum atomic E-state index is -3.22. The molecule has 0 atom stereocenters. The molecule has 88 valence electrons. The van der Waals surface area contributed by atoms with E-state index in [1.807, 2.05) is 12.1 Å². The molecule has 0 aliphatic carbocycles. The van der Waals surface area contributed by atoms with Crippen LogP contribution in [0, 0.1) is 0 Å². The Morgan fingerprint density at radius 1 is 1.19 bits per heavy atom. The van der Waals surface area contributed by atoms with Gasteiger partial charge in [-0.2, -0.15) is 4.31 Å². The van der Waals surface area contributed by atoms with Gasteiger partial charge in [0.05, 0.1) is 4.90 Å². The van der Waals surface area contributed by atoms with Crippen molar-refractivity contribution < 1.29 is 8.42 Å². The summed E-state index contributed by atoms with van der Waals surface area (Å²) in [5, 5.41) is 0. The Labute approximate surface area is 97.1 Å². The average molecular weight is 239 g/mol. The van der Waals surface area contributed by atoms with Crippen molar-refractivity contribution in [2.24, 2.45) is 0 Å². The summed E-state index contributed by atoms with van der Waals surface area (Å²) in [7, 11) is -3.22. The molecule has 0 spiro atoms. The molecule has 0 bridgehead atoms. The van der Waals surface area contributed by atoms with Gasteiger partial charge in [-0.1, -0.05) is 32.9 Å². The van der Waals surface area contributed by atoms with Gasteiger partial charge in [0.2, 0.25) is 10.0 Å². The minimum absolute atomic E-state index is 0.0234. The number of hydrogen-bond donors (Lipinski definition) is 0. The molecule has 0 unspecified atom stereocenters. The minimum Gasteiger partial charge on any atom is -0.207 e. The highest BCUT2D eigenvalue weighted by atomic mass is 32.2. The molecule has 0 aromatic heterocycles. The van der Waals surface area contributed by atoms with Gasteiger partial charge in [-0.05, 0) is 23.1 Å². The third kappa shape index (κ3) is 2.13. The Kier molecular flexibility index (Phi) is 2.59. The Hall–Kier alpha value is -0.870. The third-order valence-electron chi connectivity index (χ3n) is 2.74. The lowest BCUT2D eigenvalue weighted by atomic mass is 9.87. The van der Waals surface area contributed by atoms with Crippen LogP contribution in [0.5, 0.6) is 0 Å². The highest BCUT2D eigenvalue weighted by molar-refractivity contribution is 7.89. The fourth-order valence-electron chi connectivity index (χ4n) is 1.55. The van der Waals surface area contributed by atoms with Crippen LogP contribution in [-0.4, -0.2) is 25.8 Å². The lowest BCUT2D eigenvalue weighted by Crippen LogP contribution is -2.15. The number of rotatable bonds is 2. The molecule has 16 heavy (non-hydrogen) atoms. The fraction of sp³-hybridized carbons (Fsp3) is 0.500. The number of benzene rings is 1. The Balaban J connectivity index is 2.44. The van der Waals surface area contributed by atoms with E-state index in [9.17, 15) is 8.42 Å². The third-order valence-corrected chi connectivity index (χ3v) is 4.64. The summed E-state index contributed by atoms with van der Waals surface area (Å²) in [6.07, 6.45) is 0. The van der Waals surface area contributed by atoms with Gasteiger partial charge in [-0.15, -0.1) is 0 Å². The lowest BCUT2D eigenvalue weighted by Gasteiger charge is -2.19. The van der Waals surface area contributed by atoms with E-state index in [4.69, 9.17) is 0 Å². The molecule has 2 rings (SSSR count). The number of hydrogen-bond acceptors (Lipinski definition) is 2. The molecule has 1 aromatic rings. The molecule has 1 aromatic carbocycles. The van der Waals surface area contributed by atoms with Crippen LogP contribution in [0.1, 0.15) is 26.3 Å². The van der Waals surface area contributed by atoms with Crippen LogP contribution in [0.25, 0.3) is 0 Å². The standard InChI is InChI=1S/C12H17NO2S/c1-12(2,3)10-5-4-6-11(9-10)16(14,15)13-7-8-13/h4-6,9H,7-8H2,1-3H3. The average Bonchev–Trinajstić information content (AvgIpc) is 3.00. The van der Waals surface area contributed by atoms with E-state index < -0.39 is 10.0 Å². The van der Waals surface area contributed by atoms with Gasteiger partial charge >= 0.3 is 0 Å². The van der Waals surface area contributed by atoms with E-state index >= 15 is 0 Å². The summed E-state index contributed by atoms with van der Waals surface area (Å²) < 4.78 is 25.5. The van der Waals surface area contributed by atoms with Gasteiger partial charge in [0, 0.05) is 13.1 Å². The molecule has 1 aliphatic rings. The Bertz CT molecular complexity index is 496. The topological polar surface area (TPSA) is 37.1 Å². The lowest BCUT2D eigenvalue weighted by molar-refractivity contribution is 0.560. The molecule has 4 heteroatoms. The van der Waals surface area contributed by atoms with E-state index in [1.54, 1.807) is 12.1 Å². The van der Waals surface area contributed by atoms with Crippen LogP contribution in [0.2, 0.25) is 0 Å². The van der Waals surface area contributed by atoms with Crippen molar-refractivity contribution in [2.75, 3.05) is 13.1 Å². The van der Waals surface area contributed by atoms with E-state index in [2.05, 4.69) is 20.8 Å². The summed E-state index contributed by atoms with van der Waals surface area (Å²) in [5.41, 5.74) is 1.03. The van der Waals surface area contributed by atoms with Crippen LogP contribution < -0.4 is 0 Å². The van der Waals surface area contributed by atoms with E-state index in [1.165, 1.54) is 4.31 Å². The van der Waals surface area contributed by atoms with E-state index in [0.29, 0.717) is 18.0 Å². The molecule has 1 aliphatic heterocycles. The largest absolute Gasteiger partial charge is 0.243 e. The molecular weight excluding hydrogens is 222 g/mol. The van der Waals surface area contributed by atoms with Crippen molar-refractivity contribution >= 4 is 10.0 Å². The predicted octanol–water partition coefficient (Wildman–Crippen LogP) is 1.99. The van der Waals surface area contributed by atoms with Crippen molar-refractivity contribution in [3.05, 3.63) is 29.8 Å². The van der Waals surface area contributed by atoms with Crippen LogP contribution in [0.3, 0.4) is 0 Å². The molecular formula is C12H17NO2S. The molecule has 1 fully saturated rings. The number of nitrogens with zero attached hydrogens (tertiary/aromatic N) is 1. The Morgan fingerprint density at radius 3 is 2.31 bits per heavy atom. The van der Waals surface area contributed by atoms with Gasteiger partial charge in [-0.3, -0.25) is 0 Å². The van der Waals surface area contributed by atoms with Crippen LogP contribution >= 0.6 is 0 Å².